The molecule has 3 rings (SSSR count). The Labute approximate surface area is 133 Å². The first-order chi connectivity index (χ1) is 10.7. The zero-order valence-corrected chi connectivity index (χ0v) is 12.7. The highest BCUT2D eigenvalue weighted by molar-refractivity contribution is 7.10. The van der Waals surface area contributed by atoms with E-state index in [0.29, 0.717) is 5.57 Å². The van der Waals surface area contributed by atoms with Gasteiger partial charge in [-0.25, -0.2) is 0 Å². The van der Waals surface area contributed by atoms with Gasteiger partial charge >= 0.3 is 0 Å². The van der Waals surface area contributed by atoms with Gasteiger partial charge in [-0.3, -0.25) is 0 Å². The quantitative estimate of drug-likeness (QED) is 0.860. The lowest BCUT2D eigenvalue weighted by Crippen LogP contribution is -2.42. The Kier molecular flexibility index (Phi) is 3.49. The van der Waals surface area contributed by atoms with Crippen molar-refractivity contribution in [2.45, 2.75) is 25.2 Å². The van der Waals surface area contributed by atoms with Crippen molar-refractivity contribution >= 4 is 11.3 Å². The number of thiophene rings is 1. The third kappa shape index (κ3) is 1.78. The van der Waals surface area contributed by atoms with Crippen molar-refractivity contribution in [3.8, 4) is 18.2 Å². The molecule has 0 spiro atoms. The summed E-state index contributed by atoms with van der Waals surface area (Å²) in [7, 11) is 0. The van der Waals surface area contributed by atoms with E-state index < -0.39 is 5.41 Å². The normalized spacial score (nSPS) is 26.1. The van der Waals surface area contributed by atoms with Gasteiger partial charge in [-0.2, -0.15) is 15.8 Å². The summed E-state index contributed by atoms with van der Waals surface area (Å²) in [5.74, 6) is -0.292. The Bertz CT molecular complexity index is 766. The maximum atomic E-state index is 9.77. The van der Waals surface area contributed by atoms with E-state index in [2.05, 4.69) is 24.3 Å². The number of nitrogens with two attached hydrogens (primary N) is 1. The highest BCUT2D eigenvalue weighted by atomic mass is 32.1. The van der Waals surface area contributed by atoms with E-state index in [-0.39, 0.29) is 17.5 Å². The third-order valence-electron chi connectivity index (χ3n) is 4.65. The van der Waals surface area contributed by atoms with Gasteiger partial charge in [0.25, 0.3) is 0 Å². The molecular weight excluding hydrogens is 292 g/mol. The van der Waals surface area contributed by atoms with Gasteiger partial charge in [0.2, 0.25) is 0 Å². The molecule has 1 aromatic heterocycles. The minimum absolute atomic E-state index is 0.00801. The second-order valence-electron chi connectivity index (χ2n) is 5.62. The number of allylic oxidation sites excluding steroid dienone is 4. The maximum Gasteiger partial charge on any atom is 0.192 e. The van der Waals surface area contributed by atoms with E-state index in [0.717, 1.165) is 29.7 Å². The highest BCUT2D eigenvalue weighted by Crippen LogP contribution is 2.56. The molecule has 0 aromatic carbocycles. The van der Waals surface area contributed by atoms with Crippen LogP contribution < -0.4 is 5.73 Å². The first kappa shape index (κ1) is 14.4. The Morgan fingerprint density at radius 2 is 2.05 bits per heavy atom. The number of fused-ring (bicyclic) bond motifs is 1. The van der Waals surface area contributed by atoms with Crippen LogP contribution >= 0.6 is 11.3 Å². The first-order valence-corrected chi connectivity index (χ1v) is 8.04. The SMILES string of the molecule is N#CC1=C(N)C(C#N)(C#N)C(c2cccs2)[C@@H]2CCCC=C12. The topological polar surface area (TPSA) is 97.4 Å². The van der Waals surface area contributed by atoms with Crippen LogP contribution in [0, 0.1) is 45.3 Å². The molecule has 0 bridgehead atoms. The van der Waals surface area contributed by atoms with Crippen LogP contribution in [0.3, 0.4) is 0 Å². The van der Waals surface area contributed by atoms with E-state index in [1.165, 1.54) is 11.3 Å². The minimum atomic E-state index is -1.46. The molecule has 5 heteroatoms. The predicted octanol–water partition coefficient (Wildman–Crippen LogP) is 3.34. The van der Waals surface area contributed by atoms with Crippen molar-refractivity contribution in [2.24, 2.45) is 17.1 Å². The fraction of sp³-hybridized carbons (Fsp3) is 0.353. The van der Waals surface area contributed by atoms with Gasteiger partial charge < -0.3 is 5.73 Å². The van der Waals surface area contributed by atoms with E-state index in [1.54, 1.807) is 0 Å². The molecule has 0 saturated carbocycles. The summed E-state index contributed by atoms with van der Waals surface area (Å²) in [6.45, 7) is 0. The maximum absolute atomic E-state index is 9.77. The molecule has 0 saturated heterocycles. The van der Waals surface area contributed by atoms with Crippen LogP contribution in [0.15, 0.2) is 40.4 Å². The van der Waals surface area contributed by atoms with E-state index in [1.807, 2.05) is 17.5 Å². The van der Waals surface area contributed by atoms with Crippen molar-refractivity contribution < 1.29 is 0 Å². The van der Waals surface area contributed by atoms with Gasteiger partial charge in [0, 0.05) is 10.8 Å². The molecule has 1 unspecified atom stereocenters. The number of rotatable bonds is 1. The average molecular weight is 306 g/mol. The van der Waals surface area contributed by atoms with Crippen molar-refractivity contribution in [3.63, 3.8) is 0 Å². The number of hydrogen-bond donors (Lipinski definition) is 1. The van der Waals surface area contributed by atoms with Gasteiger partial charge in [-0.1, -0.05) is 12.1 Å². The van der Waals surface area contributed by atoms with E-state index in [4.69, 9.17) is 5.73 Å². The fourth-order valence-electron chi connectivity index (χ4n) is 3.65. The Morgan fingerprint density at radius 1 is 1.27 bits per heavy atom. The van der Waals surface area contributed by atoms with Crippen LogP contribution in [0.2, 0.25) is 0 Å². The number of hydrogen-bond acceptors (Lipinski definition) is 5. The summed E-state index contributed by atoms with van der Waals surface area (Å²) in [6, 6.07) is 10.3. The first-order valence-electron chi connectivity index (χ1n) is 7.16. The number of nitrogens with zero attached hydrogens (tertiary/aromatic N) is 3. The molecule has 1 aromatic rings. The van der Waals surface area contributed by atoms with Crippen molar-refractivity contribution in [1.29, 1.82) is 15.8 Å². The van der Waals surface area contributed by atoms with E-state index in [9.17, 15) is 15.8 Å². The summed E-state index contributed by atoms with van der Waals surface area (Å²) in [4.78, 5) is 0.987. The summed E-state index contributed by atoms with van der Waals surface area (Å²) >= 11 is 1.54. The lowest BCUT2D eigenvalue weighted by molar-refractivity contribution is 0.321. The standard InChI is InChI=1S/C17H14N4S/c18-8-13-11-4-1-2-5-12(11)15(14-6-3-7-22-14)17(9-19,10-20)16(13)21/h3-4,6-7,12,15H,1-2,5,21H2/t12-,15?/m1/s1. The molecule has 1 heterocycles. The Hall–Kier alpha value is -2.55. The van der Waals surface area contributed by atoms with Crippen molar-refractivity contribution in [2.75, 3.05) is 0 Å². The predicted molar refractivity (Wildman–Crippen MR) is 83.0 cm³/mol. The largest absolute Gasteiger partial charge is 0.399 e. The van der Waals surface area contributed by atoms with Crippen LogP contribution in [0.1, 0.15) is 30.1 Å². The Balaban J connectivity index is 2.33. The highest BCUT2D eigenvalue weighted by Gasteiger charge is 2.54. The molecular formula is C17H14N4S. The van der Waals surface area contributed by atoms with Crippen LogP contribution in [0.5, 0.6) is 0 Å². The molecule has 0 amide bonds. The van der Waals surface area contributed by atoms with Gasteiger partial charge in [0.1, 0.15) is 6.07 Å². The fourth-order valence-corrected chi connectivity index (χ4v) is 4.61. The molecule has 4 nitrogen and oxygen atoms in total. The zero-order valence-electron chi connectivity index (χ0n) is 11.9. The van der Waals surface area contributed by atoms with E-state index >= 15 is 0 Å². The Morgan fingerprint density at radius 3 is 2.64 bits per heavy atom. The lowest BCUT2D eigenvalue weighted by Gasteiger charge is -2.42. The second kappa shape index (κ2) is 5.34. The monoisotopic (exact) mass is 306 g/mol. The molecule has 0 aliphatic heterocycles. The van der Waals surface area contributed by atoms with Crippen molar-refractivity contribution in [3.05, 3.63) is 45.3 Å². The number of nitriles is 3. The molecule has 2 atom stereocenters. The molecule has 2 N–H and O–H groups in total. The zero-order chi connectivity index (χ0) is 15.7. The third-order valence-corrected chi connectivity index (χ3v) is 5.60. The summed E-state index contributed by atoms with van der Waals surface area (Å²) in [6.07, 6.45) is 4.84. The molecule has 22 heavy (non-hydrogen) atoms. The minimum Gasteiger partial charge on any atom is -0.399 e. The molecule has 108 valence electrons. The average Bonchev–Trinajstić information content (AvgIpc) is 3.08. The summed E-state index contributed by atoms with van der Waals surface area (Å²) < 4.78 is 0. The summed E-state index contributed by atoms with van der Waals surface area (Å²) in [5.41, 5.74) is 6.08. The second-order valence-corrected chi connectivity index (χ2v) is 6.60. The van der Waals surface area contributed by atoms with Crippen LogP contribution in [0.25, 0.3) is 0 Å². The van der Waals surface area contributed by atoms with Gasteiger partial charge in [-0.15, -0.1) is 11.3 Å². The van der Waals surface area contributed by atoms with Gasteiger partial charge in [0.05, 0.1) is 23.4 Å². The van der Waals surface area contributed by atoms with Gasteiger partial charge in [0.15, 0.2) is 5.41 Å². The van der Waals surface area contributed by atoms with Gasteiger partial charge in [-0.05, 0) is 42.2 Å². The molecule has 0 fully saturated rings. The molecule has 2 aliphatic carbocycles. The summed E-state index contributed by atoms with van der Waals surface area (Å²) in [5, 5.41) is 31.0. The molecule has 2 aliphatic rings. The smallest absolute Gasteiger partial charge is 0.192 e. The van der Waals surface area contributed by atoms with Crippen LogP contribution in [-0.4, -0.2) is 0 Å². The van der Waals surface area contributed by atoms with Crippen molar-refractivity contribution in [1.82, 2.24) is 0 Å². The van der Waals surface area contributed by atoms with Crippen LogP contribution in [-0.2, 0) is 0 Å². The molecule has 0 radical (unpaired) electrons. The lowest BCUT2D eigenvalue weighted by atomic mass is 9.58. The van der Waals surface area contributed by atoms with Crippen LogP contribution in [0.4, 0.5) is 0 Å².